The van der Waals surface area contributed by atoms with Gasteiger partial charge >= 0.3 is 0 Å². The summed E-state index contributed by atoms with van der Waals surface area (Å²) >= 11 is 0. The Morgan fingerprint density at radius 2 is 1.83 bits per heavy atom. The fourth-order valence-corrected chi connectivity index (χ4v) is 1.71. The Morgan fingerprint density at radius 1 is 1.17 bits per heavy atom. The maximum atomic E-state index is 10.9. The summed E-state index contributed by atoms with van der Waals surface area (Å²) in [4.78, 5) is 10.9. The van der Waals surface area contributed by atoms with Gasteiger partial charge in [-0.25, -0.2) is 0 Å². The number of nitrogens with one attached hydrogen (secondary N) is 2. The van der Waals surface area contributed by atoms with Crippen molar-refractivity contribution in [3.8, 4) is 0 Å². The molecule has 0 aliphatic carbocycles. The minimum absolute atomic E-state index is 0.0698. The van der Waals surface area contributed by atoms with Gasteiger partial charge in [-0.1, -0.05) is 0 Å². The largest absolute Gasteiger partial charge is 0.467 e. The average molecular weight is 244 g/mol. The first-order chi connectivity index (χ1) is 8.65. The zero-order chi connectivity index (χ0) is 13.0. The molecular formula is C14H16N2O2. The maximum absolute atomic E-state index is 10.9. The first-order valence-electron chi connectivity index (χ1n) is 5.83. The second-order valence-corrected chi connectivity index (χ2v) is 4.14. The lowest BCUT2D eigenvalue weighted by Gasteiger charge is -2.13. The molecule has 1 amide bonds. The van der Waals surface area contributed by atoms with Crippen molar-refractivity contribution in [1.29, 1.82) is 0 Å². The topological polar surface area (TPSA) is 54.3 Å². The summed E-state index contributed by atoms with van der Waals surface area (Å²) in [6.07, 6.45) is 1.66. The molecule has 1 aromatic heterocycles. The Labute approximate surface area is 106 Å². The first-order valence-corrected chi connectivity index (χ1v) is 5.83. The normalized spacial score (nSPS) is 11.9. The molecule has 0 bridgehead atoms. The summed E-state index contributed by atoms with van der Waals surface area (Å²) in [5.74, 6) is 0.820. The SMILES string of the molecule is CC(=O)Nc1ccc(NC(C)c2ccco2)cc1. The number of rotatable bonds is 4. The summed E-state index contributed by atoms with van der Waals surface area (Å²) in [5, 5.41) is 6.05. The van der Waals surface area contributed by atoms with Crippen LogP contribution in [-0.4, -0.2) is 5.91 Å². The lowest BCUT2D eigenvalue weighted by molar-refractivity contribution is -0.114. The van der Waals surface area contributed by atoms with Crippen LogP contribution < -0.4 is 10.6 Å². The molecule has 0 saturated heterocycles. The van der Waals surface area contributed by atoms with Gasteiger partial charge in [0.05, 0.1) is 12.3 Å². The van der Waals surface area contributed by atoms with Gasteiger partial charge in [0, 0.05) is 18.3 Å². The van der Waals surface area contributed by atoms with Crippen LogP contribution in [0.1, 0.15) is 25.6 Å². The van der Waals surface area contributed by atoms with Crippen molar-refractivity contribution in [3.05, 3.63) is 48.4 Å². The minimum Gasteiger partial charge on any atom is -0.467 e. The number of hydrogen-bond acceptors (Lipinski definition) is 3. The third-order valence-corrected chi connectivity index (χ3v) is 2.56. The molecule has 0 aliphatic rings. The highest BCUT2D eigenvalue weighted by molar-refractivity contribution is 5.88. The van der Waals surface area contributed by atoms with Crippen LogP contribution in [0.3, 0.4) is 0 Å². The van der Waals surface area contributed by atoms with Crippen LogP contribution in [0.25, 0.3) is 0 Å². The Kier molecular flexibility index (Phi) is 3.67. The van der Waals surface area contributed by atoms with Crippen molar-refractivity contribution < 1.29 is 9.21 Å². The number of carbonyl (C=O) groups excluding carboxylic acids is 1. The highest BCUT2D eigenvalue weighted by Crippen LogP contribution is 2.20. The van der Waals surface area contributed by atoms with Crippen molar-refractivity contribution in [2.45, 2.75) is 19.9 Å². The van der Waals surface area contributed by atoms with Crippen LogP contribution in [0, 0.1) is 0 Å². The van der Waals surface area contributed by atoms with Gasteiger partial charge in [0.25, 0.3) is 0 Å². The molecule has 0 fully saturated rings. The van der Waals surface area contributed by atoms with E-state index in [9.17, 15) is 4.79 Å². The van der Waals surface area contributed by atoms with Gasteiger partial charge in [0.2, 0.25) is 5.91 Å². The molecular weight excluding hydrogens is 228 g/mol. The predicted octanol–water partition coefficient (Wildman–Crippen LogP) is 3.41. The van der Waals surface area contributed by atoms with E-state index in [4.69, 9.17) is 4.42 Å². The summed E-state index contributed by atoms with van der Waals surface area (Å²) in [6, 6.07) is 11.5. The Morgan fingerprint density at radius 3 is 2.39 bits per heavy atom. The highest BCUT2D eigenvalue weighted by atomic mass is 16.3. The quantitative estimate of drug-likeness (QED) is 0.866. The van der Waals surface area contributed by atoms with Crippen LogP contribution >= 0.6 is 0 Å². The molecule has 1 unspecified atom stereocenters. The molecule has 0 spiro atoms. The van der Waals surface area contributed by atoms with E-state index in [0.717, 1.165) is 17.1 Å². The van der Waals surface area contributed by atoms with E-state index >= 15 is 0 Å². The van der Waals surface area contributed by atoms with Crippen LogP contribution in [0.5, 0.6) is 0 Å². The molecule has 18 heavy (non-hydrogen) atoms. The third-order valence-electron chi connectivity index (χ3n) is 2.56. The van der Waals surface area contributed by atoms with Crippen LogP contribution in [0.2, 0.25) is 0 Å². The van der Waals surface area contributed by atoms with Crippen molar-refractivity contribution in [1.82, 2.24) is 0 Å². The van der Waals surface area contributed by atoms with E-state index in [2.05, 4.69) is 10.6 Å². The van der Waals surface area contributed by atoms with E-state index in [1.165, 1.54) is 6.92 Å². The Balaban J connectivity index is 2.00. The molecule has 2 N–H and O–H groups in total. The molecule has 4 nitrogen and oxygen atoms in total. The van der Waals surface area contributed by atoms with Crippen molar-refractivity contribution in [2.24, 2.45) is 0 Å². The molecule has 2 aromatic rings. The van der Waals surface area contributed by atoms with Gasteiger partial charge < -0.3 is 15.1 Å². The van der Waals surface area contributed by atoms with E-state index in [1.807, 2.05) is 43.3 Å². The highest BCUT2D eigenvalue weighted by Gasteiger charge is 2.07. The minimum atomic E-state index is -0.0698. The van der Waals surface area contributed by atoms with Gasteiger partial charge in [-0.05, 0) is 43.3 Å². The number of amides is 1. The van der Waals surface area contributed by atoms with Crippen LogP contribution in [0.15, 0.2) is 47.1 Å². The lowest BCUT2D eigenvalue weighted by Crippen LogP contribution is -2.07. The molecule has 4 heteroatoms. The van der Waals surface area contributed by atoms with E-state index < -0.39 is 0 Å². The molecule has 1 atom stereocenters. The second kappa shape index (κ2) is 5.40. The van der Waals surface area contributed by atoms with E-state index in [-0.39, 0.29) is 11.9 Å². The number of carbonyl (C=O) groups is 1. The number of benzene rings is 1. The smallest absolute Gasteiger partial charge is 0.221 e. The van der Waals surface area contributed by atoms with Gasteiger partial charge in [-0.2, -0.15) is 0 Å². The molecule has 94 valence electrons. The molecule has 1 aromatic carbocycles. The zero-order valence-corrected chi connectivity index (χ0v) is 10.4. The second-order valence-electron chi connectivity index (χ2n) is 4.14. The van der Waals surface area contributed by atoms with Crippen LogP contribution in [0.4, 0.5) is 11.4 Å². The molecule has 0 radical (unpaired) electrons. The molecule has 0 aliphatic heterocycles. The van der Waals surface area contributed by atoms with Gasteiger partial charge in [-0.3, -0.25) is 4.79 Å². The van der Waals surface area contributed by atoms with Crippen molar-refractivity contribution >= 4 is 17.3 Å². The summed E-state index contributed by atoms with van der Waals surface area (Å²) in [5.41, 5.74) is 1.77. The van der Waals surface area contributed by atoms with Crippen molar-refractivity contribution in [3.63, 3.8) is 0 Å². The van der Waals surface area contributed by atoms with Gasteiger partial charge in [0.1, 0.15) is 5.76 Å². The average Bonchev–Trinajstić information content (AvgIpc) is 2.84. The lowest BCUT2D eigenvalue weighted by atomic mass is 10.2. The van der Waals surface area contributed by atoms with Crippen molar-refractivity contribution in [2.75, 3.05) is 10.6 Å². The Bertz CT molecular complexity index is 503. The Hall–Kier alpha value is -2.23. The van der Waals surface area contributed by atoms with Gasteiger partial charge in [0.15, 0.2) is 0 Å². The molecule has 2 rings (SSSR count). The summed E-state index contributed by atoms with van der Waals surface area (Å²) < 4.78 is 5.32. The number of furan rings is 1. The zero-order valence-electron chi connectivity index (χ0n) is 10.4. The van der Waals surface area contributed by atoms with Crippen LogP contribution in [-0.2, 0) is 4.79 Å². The predicted molar refractivity (Wildman–Crippen MR) is 71.5 cm³/mol. The number of anilines is 2. The standard InChI is InChI=1S/C14H16N2O2/c1-10(14-4-3-9-18-14)15-12-5-7-13(8-6-12)16-11(2)17/h3-10,15H,1-2H3,(H,16,17). The first kappa shape index (κ1) is 12.2. The monoisotopic (exact) mass is 244 g/mol. The third kappa shape index (κ3) is 3.13. The molecule has 1 heterocycles. The fraction of sp³-hybridized carbons (Fsp3) is 0.214. The summed E-state index contributed by atoms with van der Waals surface area (Å²) in [7, 11) is 0. The maximum Gasteiger partial charge on any atom is 0.221 e. The van der Waals surface area contributed by atoms with Gasteiger partial charge in [-0.15, -0.1) is 0 Å². The van der Waals surface area contributed by atoms with E-state index in [1.54, 1.807) is 6.26 Å². The summed E-state index contributed by atoms with van der Waals surface area (Å²) in [6.45, 7) is 3.52. The van der Waals surface area contributed by atoms with E-state index in [0.29, 0.717) is 0 Å². The fourth-order valence-electron chi connectivity index (χ4n) is 1.71. The number of hydrogen-bond donors (Lipinski definition) is 2. The molecule has 0 saturated carbocycles.